The van der Waals surface area contributed by atoms with Gasteiger partial charge in [-0.2, -0.15) is 0 Å². The minimum Gasteiger partial charge on any atom is -0.484 e. The molecule has 0 amide bonds. The van der Waals surface area contributed by atoms with Crippen LogP contribution in [-0.2, 0) is 6.61 Å². The molecule has 0 bridgehead atoms. The van der Waals surface area contributed by atoms with Crippen molar-refractivity contribution in [2.75, 3.05) is 0 Å². The zero-order valence-electron chi connectivity index (χ0n) is 12.7. The molecule has 0 aliphatic carbocycles. The SMILES string of the molecule is O=C(/C=C/c1ccc(COc2ccc(Cl)cc2Cl)o1)c1cc(Br)cs1. The van der Waals surface area contributed by atoms with E-state index in [1.807, 2.05) is 5.38 Å². The van der Waals surface area contributed by atoms with Gasteiger partial charge in [-0.15, -0.1) is 11.3 Å². The topological polar surface area (TPSA) is 39.4 Å². The van der Waals surface area contributed by atoms with Crippen LogP contribution in [0, 0.1) is 0 Å². The van der Waals surface area contributed by atoms with E-state index in [0.717, 1.165) is 4.47 Å². The number of halogens is 3. The summed E-state index contributed by atoms with van der Waals surface area (Å²) >= 11 is 16.6. The van der Waals surface area contributed by atoms with Crippen molar-refractivity contribution in [2.24, 2.45) is 0 Å². The lowest BCUT2D eigenvalue weighted by atomic mass is 10.3. The van der Waals surface area contributed by atoms with Crippen molar-refractivity contribution in [3.8, 4) is 5.75 Å². The molecule has 1 aromatic carbocycles. The molecule has 2 aromatic heterocycles. The third-order valence-corrected chi connectivity index (χ3v) is 5.39. The Hall–Kier alpha value is -1.53. The van der Waals surface area contributed by atoms with Gasteiger partial charge in [0.05, 0.1) is 9.90 Å². The van der Waals surface area contributed by atoms with Crippen LogP contribution in [0.15, 0.2) is 56.7 Å². The molecule has 0 radical (unpaired) electrons. The molecule has 3 rings (SSSR count). The summed E-state index contributed by atoms with van der Waals surface area (Å²) in [5.41, 5.74) is 0. The predicted octanol–water partition coefficient (Wildman–Crippen LogP) is 6.89. The molecule has 25 heavy (non-hydrogen) atoms. The van der Waals surface area contributed by atoms with Crippen molar-refractivity contribution in [1.82, 2.24) is 0 Å². The summed E-state index contributed by atoms with van der Waals surface area (Å²) in [6.07, 6.45) is 3.12. The summed E-state index contributed by atoms with van der Waals surface area (Å²) < 4.78 is 12.1. The van der Waals surface area contributed by atoms with Crippen molar-refractivity contribution < 1.29 is 13.9 Å². The van der Waals surface area contributed by atoms with Crippen molar-refractivity contribution in [2.45, 2.75) is 6.61 Å². The second-order valence-electron chi connectivity index (χ2n) is 4.99. The first-order valence-electron chi connectivity index (χ1n) is 7.14. The van der Waals surface area contributed by atoms with Crippen LogP contribution in [0.2, 0.25) is 10.0 Å². The zero-order chi connectivity index (χ0) is 17.8. The maximum atomic E-state index is 12.0. The molecule has 0 saturated carbocycles. The number of carbonyl (C=O) groups excluding carboxylic acids is 1. The molecule has 0 aliphatic rings. The fraction of sp³-hybridized carbons (Fsp3) is 0.0556. The number of allylic oxidation sites excluding steroid dienone is 1. The standard InChI is InChI=1S/C18H11BrCl2O3S/c19-11-7-18(25-10-11)16(22)5-4-13-2-3-14(24-13)9-23-17-6-1-12(20)8-15(17)21/h1-8,10H,9H2/b5-4+. The number of ether oxygens (including phenoxy) is 1. The summed E-state index contributed by atoms with van der Waals surface area (Å²) in [6.45, 7) is 0.223. The van der Waals surface area contributed by atoms with Crippen molar-refractivity contribution in [3.63, 3.8) is 0 Å². The van der Waals surface area contributed by atoms with Crippen LogP contribution >= 0.6 is 50.5 Å². The molecule has 0 aliphatic heterocycles. The minimum absolute atomic E-state index is 0.0714. The molecule has 0 atom stereocenters. The Morgan fingerprint density at radius 3 is 2.80 bits per heavy atom. The van der Waals surface area contributed by atoms with Crippen molar-refractivity contribution >= 4 is 62.3 Å². The molecule has 2 heterocycles. The second-order valence-corrected chi connectivity index (χ2v) is 7.66. The molecule has 3 aromatic rings. The zero-order valence-corrected chi connectivity index (χ0v) is 16.6. The van der Waals surface area contributed by atoms with Gasteiger partial charge in [0.25, 0.3) is 0 Å². The van der Waals surface area contributed by atoms with Crippen LogP contribution in [0.4, 0.5) is 0 Å². The third-order valence-electron chi connectivity index (χ3n) is 3.16. The van der Waals surface area contributed by atoms with E-state index in [1.54, 1.807) is 42.5 Å². The maximum absolute atomic E-state index is 12.0. The Morgan fingerprint density at radius 1 is 1.24 bits per heavy atom. The quantitative estimate of drug-likeness (QED) is 0.299. The Morgan fingerprint density at radius 2 is 2.08 bits per heavy atom. The fourth-order valence-electron chi connectivity index (χ4n) is 1.99. The molecule has 0 spiro atoms. The summed E-state index contributed by atoms with van der Waals surface area (Å²) in [7, 11) is 0. The lowest BCUT2D eigenvalue weighted by molar-refractivity contribution is 0.105. The highest BCUT2D eigenvalue weighted by atomic mass is 79.9. The van der Waals surface area contributed by atoms with Crippen molar-refractivity contribution in [1.29, 1.82) is 0 Å². The molecular formula is C18H11BrCl2O3S. The van der Waals surface area contributed by atoms with E-state index in [1.165, 1.54) is 17.4 Å². The van der Waals surface area contributed by atoms with Gasteiger partial charge < -0.3 is 9.15 Å². The normalized spacial score (nSPS) is 11.2. The number of hydrogen-bond donors (Lipinski definition) is 0. The van der Waals surface area contributed by atoms with Gasteiger partial charge in [-0.3, -0.25) is 4.79 Å². The monoisotopic (exact) mass is 456 g/mol. The fourth-order valence-corrected chi connectivity index (χ4v) is 3.80. The Kier molecular flexibility index (Phi) is 6.02. The largest absolute Gasteiger partial charge is 0.484 e. The number of hydrogen-bond acceptors (Lipinski definition) is 4. The Balaban J connectivity index is 1.60. The number of benzene rings is 1. The van der Waals surface area contributed by atoms with Crippen LogP contribution in [0.25, 0.3) is 6.08 Å². The minimum atomic E-state index is -0.0714. The lowest BCUT2D eigenvalue weighted by Crippen LogP contribution is -1.94. The molecule has 0 unspecified atom stereocenters. The van der Waals surface area contributed by atoms with E-state index in [2.05, 4.69) is 15.9 Å². The van der Waals surface area contributed by atoms with Gasteiger partial charge in [-0.25, -0.2) is 0 Å². The van der Waals surface area contributed by atoms with E-state index in [-0.39, 0.29) is 12.4 Å². The first-order chi connectivity index (χ1) is 12.0. The first-order valence-corrected chi connectivity index (χ1v) is 9.57. The van der Waals surface area contributed by atoms with Crippen LogP contribution in [-0.4, -0.2) is 5.78 Å². The van der Waals surface area contributed by atoms with Crippen LogP contribution < -0.4 is 4.74 Å². The van der Waals surface area contributed by atoms with E-state index in [4.69, 9.17) is 32.4 Å². The highest BCUT2D eigenvalue weighted by Gasteiger charge is 2.07. The molecule has 3 nitrogen and oxygen atoms in total. The number of thiophene rings is 1. The lowest BCUT2D eigenvalue weighted by Gasteiger charge is -2.06. The Bertz CT molecular complexity index is 930. The Labute approximate surface area is 166 Å². The highest BCUT2D eigenvalue weighted by Crippen LogP contribution is 2.28. The number of carbonyl (C=O) groups is 1. The molecular weight excluding hydrogens is 447 g/mol. The highest BCUT2D eigenvalue weighted by molar-refractivity contribution is 9.10. The van der Waals surface area contributed by atoms with Gasteiger partial charge in [-0.1, -0.05) is 23.2 Å². The van der Waals surface area contributed by atoms with Gasteiger partial charge in [0, 0.05) is 14.9 Å². The van der Waals surface area contributed by atoms with Crippen LogP contribution in [0.5, 0.6) is 5.75 Å². The molecule has 128 valence electrons. The van der Waals surface area contributed by atoms with Gasteiger partial charge in [-0.05, 0) is 64.5 Å². The van der Waals surface area contributed by atoms with Gasteiger partial charge in [0.2, 0.25) is 0 Å². The maximum Gasteiger partial charge on any atom is 0.195 e. The smallest absolute Gasteiger partial charge is 0.195 e. The molecule has 0 saturated heterocycles. The summed E-state index contributed by atoms with van der Waals surface area (Å²) in [4.78, 5) is 12.7. The second kappa shape index (κ2) is 8.23. The van der Waals surface area contributed by atoms with Crippen molar-refractivity contribution in [3.05, 3.63) is 78.8 Å². The van der Waals surface area contributed by atoms with E-state index >= 15 is 0 Å². The molecule has 0 fully saturated rings. The van der Waals surface area contributed by atoms with E-state index in [0.29, 0.717) is 32.2 Å². The van der Waals surface area contributed by atoms with Crippen LogP contribution in [0.3, 0.4) is 0 Å². The average Bonchev–Trinajstić information content (AvgIpc) is 3.21. The van der Waals surface area contributed by atoms with Crippen LogP contribution in [0.1, 0.15) is 21.2 Å². The van der Waals surface area contributed by atoms with Gasteiger partial charge >= 0.3 is 0 Å². The summed E-state index contributed by atoms with van der Waals surface area (Å²) in [5, 5.41) is 2.85. The van der Waals surface area contributed by atoms with Gasteiger partial charge in [0.1, 0.15) is 23.9 Å². The van der Waals surface area contributed by atoms with Gasteiger partial charge in [0.15, 0.2) is 5.78 Å². The third kappa shape index (κ3) is 4.98. The van der Waals surface area contributed by atoms with E-state index in [9.17, 15) is 4.79 Å². The number of furan rings is 1. The predicted molar refractivity (Wildman–Crippen MR) is 105 cm³/mol. The molecule has 7 heteroatoms. The van der Waals surface area contributed by atoms with E-state index < -0.39 is 0 Å². The first kappa shape index (κ1) is 18.3. The number of rotatable bonds is 6. The summed E-state index contributed by atoms with van der Waals surface area (Å²) in [6, 6.07) is 10.4. The summed E-state index contributed by atoms with van der Waals surface area (Å²) in [5.74, 6) is 1.65. The average molecular weight is 458 g/mol. The number of ketones is 1. The molecule has 0 N–H and O–H groups in total.